The standard InChI is InChI=1S/C34H23BrFNO3/c1-19-6-8-21(9-7-19)31(38)30-29(20-10-13-23(35)14-11-20)34(32(39)25-4-2-3-5-26(25)33(34)40)28-17-12-22-18-24(36)15-16-27(22)37(28)30/h2-18,28-30H,1H3/t28-,29-,30+/m1/s1. The first-order chi connectivity index (χ1) is 19.3. The summed E-state index contributed by atoms with van der Waals surface area (Å²) in [7, 11) is 0. The molecule has 0 unspecified atom stereocenters. The summed E-state index contributed by atoms with van der Waals surface area (Å²) in [6, 6.07) is 24.5. The van der Waals surface area contributed by atoms with Crippen LogP contribution >= 0.6 is 15.9 Å². The Balaban J connectivity index is 1.54. The van der Waals surface area contributed by atoms with E-state index in [1.807, 2.05) is 48.2 Å². The van der Waals surface area contributed by atoms with Crippen LogP contribution in [0.3, 0.4) is 0 Å². The summed E-state index contributed by atoms with van der Waals surface area (Å²) in [5.41, 5.74) is 2.60. The highest BCUT2D eigenvalue weighted by Gasteiger charge is 2.71. The average Bonchev–Trinajstić information content (AvgIpc) is 3.39. The van der Waals surface area contributed by atoms with E-state index in [9.17, 15) is 18.8 Å². The fraction of sp³-hybridized carbons (Fsp3) is 0.147. The molecule has 4 aromatic rings. The molecule has 7 rings (SSSR count). The third kappa shape index (κ3) is 3.32. The number of carbonyl (C=O) groups excluding carboxylic acids is 3. The van der Waals surface area contributed by atoms with Crippen LogP contribution in [0.4, 0.5) is 10.1 Å². The Labute approximate surface area is 239 Å². The summed E-state index contributed by atoms with van der Waals surface area (Å²) in [6.07, 6.45) is 3.57. The molecule has 196 valence electrons. The molecule has 0 aromatic heterocycles. The minimum Gasteiger partial charge on any atom is -0.352 e. The maximum Gasteiger partial charge on any atom is 0.185 e. The summed E-state index contributed by atoms with van der Waals surface area (Å²) in [5, 5.41) is 0. The molecule has 0 saturated carbocycles. The van der Waals surface area contributed by atoms with Crippen LogP contribution in [0.15, 0.2) is 102 Å². The van der Waals surface area contributed by atoms with E-state index in [1.54, 1.807) is 54.6 Å². The van der Waals surface area contributed by atoms with Crippen molar-refractivity contribution in [1.82, 2.24) is 0 Å². The topological polar surface area (TPSA) is 54.5 Å². The van der Waals surface area contributed by atoms with Gasteiger partial charge in [0, 0.05) is 38.3 Å². The van der Waals surface area contributed by atoms with Crippen LogP contribution in [-0.2, 0) is 0 Å². The van der Waals surface area contributed by atoms with Crippen molar-refractivity contribution in [2.45, 2.75) is 24.9 Å². The molecular weight excluding hydrogens is 569 g/mol. The van der Waals surface area contributed by atoms with Crippen molar-refractivity contribution in [2.24, 2.45) is 5.41 Å². The lowest BCUT2D eigenvalue weighted by atomic mass is 9.64. The quantitative estimate of drug-likeness (QED) is 0.186. The molecular formula is C34H23BrFNO3. The van der Waals surface area contributed by atoms with E-state index in [1.165, 1.54) is 12.1 Å². The van der Waals surface area contributed by atoms with Gasteiger partial charge in [-0.05, 0) is 42.8 Å². The van der Waals surface area contributed by atoms with E-state index >= 15 is 0 Å². The third-order valence-electron chi connectivity index (χ3n) is 8.60. The Morgan fingerprint density at radius 3 is 2.17 bits per heavy atom. The molecule has 0 bridgehead atoms. The number of aryl methyl sites for hydroxylation is 1. The van der Waals surface area contributed by atoms with Gasteiger partial charge in [0.25, 0.3) is 0 Å². The molecule has 40 heavy (non-hydrogen) atoms. The molecule has 1 aliphatic carbocycles. The van der Waals surface area contributed by atoms with Crippen LogP contribution in [-0.4, -0.2) is 29.4 Å². The normalized spacial score (nSPS) is 21.9. The number of anilines is 1. The maximum atomic E-state index is 14.6. The van der Waals surface area contributed by atoms with Crippen LogP contribution < -0.4 is 4.90 Å². The highest BCUT2D eigenvalue weighted by Crippen LogP contribution is 2.61. The van der Waals surface area contributed by atoms with Gasteiger partial charge in [0.2, 0.25) is 0 Å². The lowest BCUT2D eigenvalue weighted by Crippen LogP contribution is -2.48. The monoisotopic (exact) mass is 591 g/mol. The number of benzene rings is 4. The van der Waals surface area contributed by atoms with Crippen molar-refractivity contribution in [2.75, 3.05) is 4.90 Å². The molecule has 3 aliphatic rings. The van der Waals surface area contributed by atoms with Crippen LogP contribution in [0.25, 0.3) is 6.08 Å². The number of fused-ring (bicyclic) bond motifs is 5. The number of ketones is 3. The van der Waals surface area contributed by atoms with Crippen LogP contribution in [0, 0.1) is 18.2 Å². The number of Topliss-reactive ketones (excluding diaryl/α,β-unsaturated/α-hetero) is 3. The van der Waals surface area contributed by atoms with Gasteiger partial charge in [-0.25, -0.2) is 4.39 Å². The van der Waals surface area contributed by atoms with E-state index in [2.05, 4.69) is 15.9 Å². The van der Waals surface area contributed by atoms with E-state index < -0.39 is 29.2 Å². The van der Waals surface area contributed by atoms with Gasteiger partial charge >= 0.3 is 0 Å². The first kappa shape index (κ1) is 24.9. The summed E-state index contributed by atoms with van der Waals surface area (Å²) in [5.74, 6) is -1.97. The van der Waals surface area contributed by atoms with Gasteiger partial charge in [0.15, 0.2) is 17.3 Å². The van der Waals surface area contributed by atoms with Crippen LogP contribution in [0.1, 0.15) is 53.7 Å². The average molecular weight is 592 g/mol. The molecule has 2 aliphatic heterocycles. The molecule has 0 amide bonds. The summed E-state index contributed by atoms with van der Waals surface area (Å²) >= 11 is 3.49. The van der Waals surface area contributed by atoms with Crippen molar-refractivity contribution in [3.8, 4) is 0 Å². The van der Waals surface area contributed by atoms with E-state index in [4.69, 9.17) is 0 Å². The Morgan fingerprint density at radius 1 is 0.875 bits per heavy atom. The fourth-order valence-corrected chi connectivity index (χ4v) is 7.14. The van der Waals surface area contributed by atoms with E-state index in [0.717, 1.165) is 15.6 Å². The molecule has 4 nitrogen and oxygen atoms in total. The highest BCUT2D eigenvalue weighted by atomic mass is 79.9. The lowest BCUT2D eigenvalue weighted by molar-refractivity contribution is 0.0666. The molecule has 0 radical (unpaired) electrons. The number of carbonyl (C=O) groups is 3. The zero-order valence-corrected chi connectivity index (χ0v) is 23.1. The fourth-order valence-electron chi connectivity index (χ4n) is 6.88. The minimum absolute atomic E-state index is 0.197. The first-order valence-corrected chi connectivity index (χ1v) is 13.9. The van der Waals surface area contributed by atoms with E-state index in [-0.39, 0.29) is 17.3 Å². The highest BCUT2D eigenvalue weighted by molar-refractivity contribution is 9.10. The molecule has 1 spiro atoms. The van der Waals surface area contributed by atoms with Gasteiger partial charge in [-0.3, -0.25) is 14.4 Å². The Bertz CT molecular complexity index is 1720. The summed E-state index contributed by atoms with van der Waals surface area (Å²) in [6.45, 7) is 1.95. The van der Waals surface area contributed by atoms with Gasteiger partial charge in [-0.2, -0.15) is 0 Å². The Kier molecular flexibility index (Phi) is 5.55. The first-order valence-electron chi connectivity index (χ1n) is 13.1. The SMILES string of the molecule is Cc1ccc(C(=O)[C@@H]2[C@@H](c3ccc(Br)cc3)C3(C(=O)c4ccccc4C3=O)[C@H]3C=Cc4cc(F)ccc4N23)cc1. The Hall–Kier alpha value is -4.16. The van der Waals surface area contributed by atoms with Crippen molar-refractivity contribution in [1.29, 1.82) is 0 Å². The molecule has 6 heteroatoms. The van der Waals surface area contributed by atoms with Gasteiger partial charge < -0.3 is 4.90 Å². The van der Waals surface area contributed by atoms with Gasteiger partial charge in [-0.1, -0.05) is 94.3 Å². The van der Waals surface area contributed by atoms with E-state index in [0.29, 0.717) is 27.9 Å². The molecule has 4 aromatic carbocycles. The molecule has 2 heterocycles. The van der Waals surface area contributed by atoms with Crippen LogP contribution in [0.5, 0.6) is 0 Å². The van der Waals surface area contributed by atoms with Crippen molar-refractivity contribution >= 4 is 45.0 Å². The van der Waals surface area contributed by atoms with Crippen molar-refractivity contribution in [3.63, 3.8) is 0 Å². The number of hydrogen-bond acceptors (Lipinski definition) is 4. The van der Waals surface area contributed by atoms with Gasteiger partial charge in [0.1, 0.15) is 17.3 Å². The van der Waals surface area contributed by atoms with Crippen molar-refractivity contribution in [3.05, 3.63) is 141 Å². The summed E-state index contributed by atoms with van der Waals surface area (Å²) in [4.78, 5) is 45.7. The van der Waals surface area contributed by atoms with Gasteiger partial charge in [0.05, 0.1) is 6.04 Å². The molecule has 1 saturated heterocycles. The van der Waals surface area contributed by atoms with Crippen molar-refractivity contribution < 1.29 is 18.8 Å². The predicted molar refractivity (Wildman–Crippen MR) is 155 cm³/mol. The molecule has 0 N–H and O–H groups in total. The summed E-state index contributed by atoms with van der Waals surface area (Å²) < 4.78 is 15.2. The second-order valence-electron chi connectivity index (χ2n) is 10.7. The number of halogens is 2. The minimum atomic E-state index is -1.58. The Morgan fingerprint density at radius 2 is 1.52 bits per heavy atom. The van der Waals surface area contributed by atoms with Gasteiger partial charge in [-0.15, -0.1) is 0 Å². The second kappa shape index (κ2) is 8.93. The second-order valence-corrected chi connectivity index (χ2v) is 11.6. The van der Waals surface area contributed by atoms with Crippen LogP contribution in [0.2, 0.25) is 0 Å². The molecule has 3 atom stereocenters. The zero-order chi connectivity index (χ0) is 27.8. The number of hydrogen-bond donors (Lipinski definition) is 0. The predicted octanol–water partition coefficient (Wildman–Crippen LogP) is 7.21. The molecule has 1 fully saturated rings. The lowest BCUT2D eigenvalue weighted by Gasteiger charge is -2.37. The third-order valence-corrected chi connectivity index (χ3v) is 9.13. The number of rotatable bonds is 3. The maximum absolute atomic E-state index is 14.6. The largest absolute Gasteiger partial charge is 0.352 e. The zero-order valence-electron chi connectivity index (χ0n) is 21.5. The number of nitrogens with zero attached hydrogens (tertiary/aromatic N) is 1. The smallest absolute Gasteiger partial charge is 0.185 e.